The molecule has 2 aromatic carbocycles. The van der Waals surface area contributed by atoms with Gasteiger partial charge in [-0.3, -0.25) is 0 Å². The number of aryl methyl sites for hydroxylation is 1. The lowest BCUT2D eigenvalue weighted by atomic mass is 10.1. The van der Waals surface area contributed by atoms with Crippen LogP contribution in [0.4, 0.5) is 26.6 Å². The summed E-state index contributed by atoms with van der Waals surface area (Å²) in [4.78, 5) is 8.67. The molecule has 4 aromatic rings. The zero-order valence-corrected chi connectivity index (χ0v) is 17.3. The van der Waals surface area contributed by atoms with E-state index in [-0.39, 0.29) is 5.02 Å². The summed E-state index contributed by atoms with van der Waals surface area (Å²) in [5.41, 5.74) is 3.52. The fraction of sp³-hybridized carbons (Fsp3) is 0.143. The second kappa shape index (κ2) is 8.63. The number of nitrogens with one attached hydrogen (secondary N) is 2. The topological polar surface area (TPSA) is 54.8 Å². The summed E-state index contributed by atoms with van der Waals surface area (Å²) in [6.07, 6.45) is 6.42. The predicted octanol–water partition coefficient (Wildman–Crippen LogP) is 6.23. The van der Waals surface area contributed by atoms with E-state index in [0.29, 0.717) is 12.2 Å². The number of aromatic nitrogens is 3. The van der Waals surface area contributed by atoms with Crippen LogP contribution in [-0.4, -0.2) is 14.5 Å². The number of imidazole rings is 1. The van der Waals surface area contributed by atoms with Crippen LogP contribution >= 0.6 is 22.9 Å². The third-order valence-corrected chi connectivity index (χ3v) is 5.41. The van der Waals surface area contributed by atoms with Gasteiger partial charge in [-0.15, -0.1) is 11.3 Å². The zero-order chi connectivity index (χ0) is 20.2. The molecule has 0 saturated heterocycles. The summed E-state index contributed by atoms with van der Waals surface area (Å²) in [7, 11) is 0. The molecule has 2 N–H and O–H groups in total. The van der Waals surface area contributed by atoms with E-state index >= 15 is 0 Å². The van der Waals surface area contributed by atoms with Crippen LogP contribution in [0.1, 0.15) is 18.3 Å². The van der Waals surface area contributed by atoms with Crippen molar-refractivity contribution in [2.75, 3.05) is 10.6 Å². The molecule has 0 amide bonds. The Balaban J connectivity index is 1.66. The highest BCUT2D eigenvalue weighted by atomic mass is 35.5. The number of nitrogens with zero attached hydrogens (tertiary/aromatic N) is 3. The lowest BCUT2D eigenvalue weighted by Gasteiger charge is -2.16. The Bertz CT molecular complexity index is 1110. The molecule has 29 heavy (non-hydrogen) atoms. The van der Waals surface area contributed by atoms with Crippen molar-refractivity contribution in [1.82, 2.24) is 14.5 Å². The minimum Gasteiger partial charge on any atom is -0.354 e. The molecule has 0 unspecified atom stereocenters. The average molecular weight is 428 g/mol. The number of rotatable bonds is 7. The smallest absolute Gasteiger partial charge is 0.187 e. The Hall–Kier alpha value is -2.90. The Morgan fingerprint density at radius 2 is 1.97 bits per heavy atom. The monoisotopic (exact) mass is 427 g/mol. The van der Waals surface area contributed by atoms with Crippen LogP contribution in [0.25, 0.3) is 0 Å². The number of thiazole rings is 1. The molecule has 0 atom stereocenters. The molecule has 0 aliphatic rings. The lowest BCUT2D eigenvalue weighted by molar-refractivity contribution is 0.628. The SMILES string of the molecule is CCc1nccn1Cc1ccc(Nc2nccs2)c(Nc2ccc(F)c(Cl)c2)c1. The van der Waals surface area contributed by atoms with Crippen molar-refractivity contribution >= 4 is 45.1 Å². The van der Waals surface area contributed by atoms with E-state index in [0.717, 1.165) is 34.3 Å². The Labute approximate surface area is 177 Å². The third-order valence-electron chi connectivity index (χ3n) is 4.43. The van der Waals surface area contributed by atoms with Crippen LogP contribution in [0.15, 0.2) is 60.4 Å². The molecule has 0 aliphatic heterocycles. The standard InChI is InChI=1S/C21H19ClFN5S/c1-2-20-24-7-9-28(20)13-14-3-6-18(27-21-25-8-10-29-21)19(11-14)26-15-4-5-17(23)16(22)12-15/h3-12,26H,2,13H2,1H3,(H,25,27). The van der Waals surface area contributed by atoms with Gasteiger partial charge in [0.15, 0.2) is 5.13 Å². The summed E-state index contributed by atoms with van der Waals surface area (Å²) >= 11 is 7.46. The van der Waals surface area contributed by atoms with Gasteiger partial charge in [-0.25, -0.2) is 14.4 Å². The molecule has 148 valence electrons. The van der Waals surface area contributed by atoms with E-state index in [1.165, 1.54) is 17.4 Å². The van der Waals surface area contributed by atoms with Gasteiger partial charge in [-0.2, -0.15) is 0 Å². The van der Waals surface area contributed by atoms with Gasteiger partial charge in [0.2, 0.25) is 0 Å². The van der Waals surface area contributed by atoms with Crippen molar-refractivity contribution in [3.63, 3.8) is 0 Å². The molecule has 2 aromatic heterocycles. The van der Waals surface area contributed by atoms with Crippen LogP contribution < -0.4 is 10.6 Å². The van der Waals surface area contributed by atoms with Gasteiger partial charge in [0, 0.05) is 42.6 Å². The van der Waals surface area contributed by atoms with Crippen molar-refractivity contribution < 1.29 is 4.39 Å². The molecule has 0 fully saturated rings. The molecule has 0 spiro atoms. The molecule has 0 saturated carbocycles. The van der Waals surface area contributed by atoms with E-state index < -0.39 is 5.82 Å². The van der Waals surface area contributed by atoms with E-state index in [1.54, 1.807) is 18.3 Å². The Morgan fingerprint density at radius 1 is 1.07 bits per heavy atom. The van der Waals surface area contributed by atoms with Crippen molar-refractivity contribution in [3.05, 3.63) is 82.6 Å². The summed E-state index contributed by atoms with van der Waals surface area (Å²) in [5, 5.41) is 9.45. The van der Waals surface area contributed by atoms with Crippen molar-refractivity contribution in [1.29, 1.82) is 0 Å². The van der Waals surface area contributed by atoms with Crippen molar-refractivity contribution in [2.24, 2.45) is 0 Å². The highest BCUT2D eigenvalue weighted by molar-refractivity contribution is 7.13. The van der Waals surface area contributed by atoms with Gasteiger partial charge >= 0.3 is 0 Å². The maximum Gasteiger partial charge on any atom is 0.187 e. The van der Waals surface area contributed by atoms with Gasteiger partial charge in [0.25, 0.3) is 0 Å². The number of benzene rings is 2. The van der Waals surface area contributed by atoms with Crippen LogP contribution in [0.5, 0.6) is 0 Å². The van der Waals surface area contributed by atoms with Crippen LogP contribution in [-0.2, 0) is 13.0 Å². The number of hydrogen-bond acceptors (Lipinski definition) is 5. The van der Waals surface area contributed by atoms with Gasteiger partial charge in [-0.1, -0.05) is 24.6 Å². The molecule has 0 radical (unpaired) electrons. The van der Waals surface area contributed by atoms with E-state index in [4.69, 9.17) is 11.6 Å². The Kier molecular flexibility index (Phi) is 5.78. The molecule has 4 rings (SSSR count). The summed E-state index contributed by atoms with van der Waals surface area (Å²) in [5.74, 6) is 0.592. The molecule has 0 aliphatic carbocycles. The molecule has 8 heteroatoms. The predicted molar refractivity (Wildman–Crippen MR) is 117 cm³/mol. The van der Waals surface area contributed by atoms with E-state index in [2.05, 4.69) is 44.2 Å². The maximum absolute atomic E-state index is 13.5. The van der Waals surface area contributed by atoms with Crippen LogP contribution in [0.2, 0.25) is 5.02 Å². The first-order valence-corrected chi connectivity index (χ1v) is 10.4. The van der Waals surface area contributed by atoms with Crippen LogP contribution in [0.3, 0.4) is 0 Å². The van der Waals surface area contributed by atoms with Gasteiger partial charge in [0.05, 0.1) is 16.4 Å². The van der Waals surface area contributed by atoms with Gasteiger partial charge in [0.1, 0.15) is 11.6 Å². The fourth-order valence-corrected chi connectivity index (χ4v) is 3.75. The molecule has 0 bridgehead atoms. The van der Waals surface area contributed by atoms with Gasteiger partial charge in [-0.05, 0) is 35.9 Å². The number of halogens is 2. The molecule has 5 nitrogen and oxygen atoms in total. The quantitative estimate of drug-likeness (QED) is 0.367. The average Bonchev–Trinajstić information content (AvgIpc) is 3.38. The highest BCUT2D eigenvalue weighted by Gasteiger charge is 2.10. The second-order valence-electron chi connectivity index (χ2n) is 6.42. The normalized spacial score (nSPS) is 10.9. The first-order valence-electron chi connectivity index (χ1n) is 9.14. The van der Waals surface area contributed by atoms with Crippen molar-refractivity contribution in [3.8, 4) is 0 Å². The maximum atomic E-state index is 13.5. The van der Waals surface area contributed by atoms with E-state index in [9.17, 15) is 4.39 Å². The number of anilines is 4. The van der Waals surface area contributed by atoms with Crippen molar-refractivity contribution in [2.45, 2.75) is 19.9 Å². The highest BCUT2D eigenvalue weighted by Crippen LogP contribution is 2.32. The summed E-state index contributed by atoms with van der Waals surface area (Å²) in [6.45, 7) is 2.80. The summed E-state index contributed by atoms with van der Waals surface area (Å²) in [6, 6.07) is 10.7. The Morgan fingerprint density at radius 3 is 2.72 bits per heavy atom. The lowest BCUT2D eigenvalue weighted by Crippen LogP contribution is -2.05. The van der Waals surface area contributed by atoms with Gasteiger partial charge < -0.3 is 15.2 Å². The van der Waals surface area contributed by atoms with Crippen LogP contribution in [0, 0.1) is 5.82 Å². The molecule has 2 heterocycles. The fourth-order valence-electron chi connectivity index (χ4n) is 3.03. The first-order chi connectivity index (χ1) is 14.1. The third kappa shape index (κ3) is 4.58. The molecular formula is C21H19ClFN5S. The zero-order valence-electron chi connectivity index (χ0n) is 15.7. The first kappa shape index (κ1) is 19.4. The minimum absolute atomic E-state index is 0.0755. The largest absolute Gasteiger partial charge is 0.354 e. The number of hydrogen-bond donors (Lipinski definition) is 2. The second-order valence-corrected chi connectivity index (χ2v) is 7.72. The minimum atomic E-state index is -0.445. The summed E-state index contributed by atoms with van der Waals surface area (Å²) < 4.78 is 15.7. The molecular weight excluding hydrogens is 409 g/mol. The van der Waals surface area contributed by atoms with E-state index in [1.807, 2.05) is 23.8 Å².